The summed E-state index contributed by atoms with van der Waals surface area (Å²) in [7, 11) is -3.82. The number of carbonyl (C=O) groups is 1. The van der Waals surface area contributed by atoms with E-state index in [9.17, 15) is 23.3 Å². The summed E-state index contributed by atoms with van der Waals surface area (Å²) in [5.74, 6) is 0. The monoisotopic (exact) mass is 382 g/mol. The Bertz CT molecular complexity index is 784. The van der Waals surface area contributed by atoms with Crippen LogP contribution in [-0.2, 0) is 10.0 Å². The van der Waals surface area contributed by atoms with Crippen molar-refractivity contribution in [2.75, 3.05) is 26.2 Å². The molecule has 0 spiro atoms. The smallest absolute Gasteiger partial charge is 0.317 e. The first-order valence-corrected chi connectivity index (χ1v) is 10.1. The van der Waals surface area contributed by atoms with E-state index in [1.165, 1.54) is 22.5 Å². The molecule has 1 heterocycles. The van der Waals surface area contributed by atoms with Crippen LogP contribution in [0.4, 0.5) is 10.5 Å². The van der Waals surface area contributed by atoms with Gasteiger partial charge in [-0.05, 0) is 18.9 Å². The highest BCUT2D eigenvalue weighted by Gasteiger charge is 2.31. The molecule has 0 unspecified atom stereocenters. The van der Waals surface area contributed by atoms with E-state index in [4.69, 9.17) is 0 Å². The summed E-state index contributed by atoms with van der Waals surface area (Å²) in [6.45, 7) is 0.936. The number of amides is 2. The molecule has 1 aromatic rings. The van der Waals surface area contributed by atoms with Gasteiger partial charge in [0.2, 0.25) is 10.0 Å². The van der Waals surface area contributed by atoms with Gasteiger partial charge in [0.1, 0.15) is 0 Å². The van der Waals surface area contributed by atoms with Crippen LogP contribution in [-0.4, -0.2) is 60.8 Å². The number of carbonyl (C=O) groups excluding carboxylic acids is 1. The largest absolute Gasteiger partial charge is 0.335 e. The fourth-order valence-electron chi connectivity index (χ4n) is 3.37. The number of rotatable bonds is 4. The number of sulfonamides is 1. The number of nitrogens with zero attached hydrogens (tertiary/aromatic N) is 3. The average molecular weight is 382 g/mol. The maximum atomic E-state index is 12.7. The van der Waals surface area contributed by atoms with Gasteiger partial charge < -0.3 is 10.2 Å². The van der Waals surface area contributed by atoms with Crippen LogP contribution in [0, 0.1) is 10.1 Å². The molecule has 0 bridgehead atoms. The van der Waals surface area contributed by atoms with E-state index in [0.717, 1.165) is 31.7 Å². The van der Waals surface area contributed by atoms with Crippen molar-refractivity contribution in [3.05, 3.63) is 34.4 Å². The number of piperazine rings is 1. The normalized spacial score (nSPS) is 19.5. The van der Waals surface area contributed by atoms with Gasteiger partial charge in [-0.3, -0.25) is 10.1 Å². The van der Waals surface area contributed by atoms with E-state index in [1.807, 2.05) is 0 Å². The van der Waals surface area contributed by atoms with E-state index < -0.39 is 14.9 Å². The number of nitro benzene ring substituents is 1. The van der Waals surface area contributed by atoms with Gasteiger partial charge in [-0.25, -0.2) is 13.2 Å². The molecular weight excluding hydrogens is 360 g/mol. The first kappa shape index (κ1) is 18.6. The van der Waals surface area contributed by atoms with Gasteiger partial charge in [-0.1, -0.05) is 18.9 Å². The number of hydrogen-bond donors (Lipinski definition) is 1. The standard InChI is InChI=1S/C16H22N4O5S/c21-16(17-13-4-1-2-5-13)18-8-10-19(11-9-18)26(24,25)15-7-3-6-14(12-15)20(22)23/h3,6-7,12-13H,1-2,4-5,8-11H2,(H,17,21). The lowest BCUT2D eigenvalue weighted by Gasteiger charge is -2.34. The first-order chi connectivity index (χ1) is 12.4. The Morgan fingerprint density at radius 1 is 1.15 bits per heavy atom. The Hall–Kier alpha value is -2.20. The molecule has 0 aromatic heterocycles. The maximum Gasteiger partial charge on any atom is 0.317 e. The van der Waals surface area contributed by atoms with Gasteiger partial charge in [0.05, 0.1) is 9.82 Å². The van der Waals surface area contributed by atoms with Crippen LogP contribution in [0.3, 0.4) is 0 Å². The van der Waals surface area contributed by atoms with Crippen LogP contribution in [0.15, 0.2) is 29.2 Å². The number of urea groups is 1. The zero-order chi connectivity index (χ0) is 18.7. The van der Waals surface area contributed by atoms with Crippen LogP contribution in [0.5, 0.6) is 0 Å². The molecule has 1 aliphatic heterocycles. The second-order valence-corrected chi connectivity index (χ2v) is 8.51. The third-order valence-corrected chi connectivity index (χ3v) is 6.77. The van der Waals surface area contributed by atoms with Crippen molar-refractivity contribution in [1.82, 2.24) is 14.5 Å². The Morgan fingerprint density at radius 2 is 1.81 bits per heavy atom. The summed E-state index contributed by atoms with van der Waals surface area (Å²) in [4.78, 5) is 24.0. The highest BCUT2D eigenvalue weighted by atomic mass is 32.2. The molecule has 142 valence electrons. The molecule has 1 aliphatic carbocycles. The second kappa shape index (κ2) is 7.58. The van der Waals surface area contributed by atoms with Crippen LogP contribution < -0.4 is 5.32 Å². The van der Waals surface area contributed by atoms with Crippen LogP contribution in [0.25, 0.3) is 0 Å². The molecule has 1 saturated carbocycles. The van der Waals surface area contributed by atoms with Gasteiger partial charge in [0.25, 0.3) is 5.69 Å². The molecule has 26 heavy (non-hydrogen) atoms. The molecule has 1 aromatic carbocycles. The summed E-state index contributed by atoms with van der Waals surface area (Å²) in [6.07, 6.45) is 4.24. The summed E-state index contributed by atoms with van der Waals surface area (Å²) in [5, 5.41) is 13.9. The first-order valence-electron chi connectivity index (χ1n) is 8.68. The third-order valence-electron chi connectivity index (χ3n) is 4.87. The van der Waals surface area contributed by atoms with Gasteiger partial charge in [0.15, 0.2) is 0 Å². The minimum Gasteiger partial charge on any atom is -0.335 e. The van der Waals surface area contributed by atoms with Crippen LogP contribution in [0.1, 0.15) is 25.7 Å². The highest BCUT2D eigenvalue weighted by molar-refractivity contribution is 7.89. The van der Waals surface area contributed by atoms with Gasteiger partial charge >= 0.3 is 6.03 Å². The van der Waals surface area contributed by atoms with Crippen LogP contribution in [0.2, 0.25) is 0 Å². The van der Waals surface area contributed by atoms with E-state index in [1.54, 1.807) is 4.90 Å². The quantitative estimate of drug-likeness (QED) is 0.627. The Morgan fingerprint density at radius 3 is 2.42 bits per heavy atom. The van der Waals surface area contributed by atoms with E-state index in [-0.39, 0.29) is 35.7 Å². The number of nitro groups is 1. The van der Waals surface area contributed by atoms with Gasteiger partial charge in [0, 0.05) is 44.4 Å². The lowest BCUT2D eigenvalue weighted by atomic mass is 10.2. The molecule has 9 nitrogen and oxygen atoms in total. The minimum atomic E-state index is -3.82. The summed E-state index contributed by atoms with van der Waals surface area (Å²) in [6, 6.07) is 5.09. The molecule has 2 amide bonds. The molecular formula is C16H22N4O5S. The SMILES string of the molecule is O=C(NC1CCCC1)N1CCN(S(=O)(=O)c2cccc([N+](=O)[O-])c2)CC1. The van der Waals surface area contributed by atoms with E-state index >= 15 is 0 Å². The molecule has 2 aliphatic rings. The molecule has 10 heteroatoms. The Balaban J connectivity index is 1.62. The summed E-state index contributed by atoms with van der Waals surface area (Å²) in [5.41, 5.74) is -0.263. The summed E-state index contributed by atoms with van der Waals surface area (Å²) < 4.78 is 26.7. The molecule has 1 saturated heterocycles. The fraction of sp³-hybridized carbons (Fsp3) is 0.562. The highest BCUT2D eigenvalue weighted by Crippen LogP contribution is 2.22. The molecule has 1 N–H and O–H groups in total. The van der Waals surface area contributed by atoms with Crippen molar-refractivity contribution in [3.8, 4) is 0 Å². The third kappa shape index (κ3) is 3.96. The zero-order valence-electron chi connectivity index (χ0n) is 14.3. The van der Waals surface area contributed by atoms with Crippen molar-refractivity contribution < 1.29 is 18.1 Å². The number of non-ortho nitro benzene ring substituents is 1. The minimum absolute atomic E-state index is 0.101. The van der Waals surface area contributed by atoms with Crippen LogP contribution >= 0.6 is 0 Å². The van der Waals surface area contributed by atoms with Gasteiger partial charge in [-0.15, -0.1) is 0 Å². The molecule has 0 radical (unpaired) electrons. The van der Waals surface area contributed by atoms with E-state index in [0.29, 0.717) is 13.1 Å². The summed E-state index contributed by atoms with van der Waals surface area (Å²) >= 11 is 0. The van der Waals surface area contributed by atoms with Crippen molar-refractivity contribution in [3.63, 3.8) is 0 Å². The van der Waals surface area contributed by atoms with Crippen molar-refractivity contribution in [1.29, 1.82) is 0 Å². The maximum absolute atomic E-state index is 12.7. The zero-order valence-corrected chi connectivity index (χ0v) is 15.2. The molecule has 3 rings (SSSR count). The van der Waals surface area contributed by atoms with Crippen molar-refractivity contribution in [2.45, 2.75) is 36.6 Å². The predicted molar refractivity (Wildman–Crippen MR) is 94.2 cm³/mol. The van der Waals surface area contributed by atoms with Crippen molar-refractivity contribution >= 4 is 21.7 Å². The number of nitrogens with one attached hydrogen (secondary N) is 1. The predicted octanol–water partition coefficient (Wildman–Crippen LogP) is 1.55. The van der Waals surface area contributed by atoms with Gasteiger partial charge in [-0.2, -0.15) is 4.31 Å². The topological polar surface area (TPSA) is 113 Å². The second-order valence-electron chi connectivity index (χ2n) is 6.58. The van der Waals surface area contributed by atoms with E-state index in [2.05, 4.69) is 5.32 Å². The fourth-order valence-corrected chi connectivity index (χ4v) is 4.84. The number of hydrogen-bond acceptors (Lipinski definition) is 5. The molecule has 0 atom stereocenters. The molecule has 2 fully saturated rings. The Kier molecular flexibility index (Phi) is 5.42. The number of benzene rings is 1. The lowest BCUT2D eigenvalue weighted by molar-refractivity contribution is -0.385. The van der Waals surface area contributed by atoms with Crippen molar-refractivity contribution in [2.24, 2.45) is 0 Å². The lowest BCUT2D eigenvalue weighted by Crippen LogP contribution is -2.54. The average Bonchev–Trinajstić information content (AvgIpc) is 3.15. The Labute approximate surface area is 152 Å².